The number of alkyl halides is 2. The first-order valence-electron chi connectivity index (χ1n) is 4.32. The number of nitrogens with one attached hydrogen (secondary N) is 1. The number of rotatable bonds is 3. The van der Waals surface area contributed by atoms with Crippen LogP contribution in [0, 0.1) is 11.8 Å². The summed E-state index contributed by atoms with van der Waals surface area (Å²) in [6.45, 7) is -0.380. The molecule has 1 aromatic rings. The number of anilines is 1. The maximum atomic E-state index is 12.1. The van der Waals surface area contributed by atoms with Crippen LogP contribution in [0.4, 0.5) is 14.6 Å². The van der Waals surface area contributed by atoms with Crippen LogP contribution in [-0.4, -0.2) is 30.9 Å². The normalized spacial score (nSPS) is 10.8. The Labute approximate surface area is 96.5 Å². The molecule has 5 nitrogen and oxygen atoms in total. The number of halogens is 2. The lowest BCUT2D eigenvalue weighted by atomic mass is 10.3. The summed E-state index contributed by atoms with van der Waals surface area (Å²) in [6.07, 6.45) is 0. The molecule has 0 aliphatic heterocycles. The molecule has 0 unspecified atom stereocenters. The zero-order valence-corrected chi connectivity index (χ0v) is 9.21. The van der Waals surface area contributed by atoms with Gasteiger partial charge < -0.3 is 5.11 Å². The summed E-state index contributed by atoms with van der Waals surface area (Å²) < 4.78 is 47.4. The number of sulfonamides is 1. The minimum absolute atomic E-state index is 0.161. The Balaban J connectivity index is 2.94. The second-order valence-electron chi connectivity index (χ2n) is 2.78. The van der Waals surface area contributed by atoms with E-state index in [9.17, 15) is 17.2 Å². The van der Waals surface area contributed by atoms with Crippen LogP contribution in [0.15, 0.2) is 18.2 Å². The van der Waals surface area contributed by atoms with Crippen LogP contribution in [0.1, 0.15) is 5.69 Å². The van der Waals surface area contributed by atoms with Crippen LogP contribution in [0.5, 0.6) is 0 Å². The van der Waals surface area contributed by atoms with Gasteiger partial charge in [0.05, 0.1) is 0 Å². The van der Waals surface area contributed by atoms with Crippen molar-refractivity contribution in [1.29, 1.82) is 0 Å². The molecule has 1 rings (SSSR count). The minimum atomic E-state index is -4.73. The van der Waals surface area contributed by atoms with Crippen molar-refractivity contribution in [3.63, 3.8) is 0 Å². The standard InChI is InChI=1S/C9H8F2N2O3S/c10-9(11)17(15,16)13-8-5-1-3-7(12-8)4-2-6-14/h1,3,5,9,14H,6H2,(H,12,13). The number of aromatic nitrogens is 1. The van der Waals surface area contributed by atoms with Crippen molar-refractivity contribution in [2.75, 3.05) is 11.3 Å². The number of aliphatic hydroxyl groups is 1. The fourth-order valence-corrected chi connectivity index (χ4v) is 1.38. The highest BCUT2D eigenvalue weighted by molar-refractivity contribution is 7.92. The average Bonchev–Trinajstić information content (AvgIpc) is 2.26. The molecule has 0 spiro atoms. The summed E-state index contributed by atoms with van der Waals surface area (Å²) in [7, 11) is -4.73. The Hall–Kier alpha value is -1.72. The van der Waals surface area contributed by atoms with Gasteiger partial charge >= 0.3 is 5.76 Å². The Morgan fingerprint density at radius 3 is 2.76 bits per heavy atom. The van der Waals surface area contributed by atoms with Gasteiger partial charge in [-0.2, -0.15) is 8.78 Å². The third-order valence-electron chi connectivity index (χ3n) is 1.53. The van der Waals surface area contributed by atoms with Crippen LogP contribution in [-0.2, 0) is 10.0 Å². The SMILES string of the molecule is O=S(=O)(Nc1cccc(C#CCO)n1)C(F)F. The van der Waals surface area contributed by atoms with Crippen molar-refractivity contribution in [2.45, 2.75) is 5.76 Å². The van der Waals surface area contributed by atoms with Crippen molar-refractivity contribution in [1.82, 2.24) is 4.98 Å². The fraction of sp³-hybridized carbons (Fsp3) is 0.222. The third-order valence-corrected chi connectivity index (χ3v) is 2.49. The maximum Gasteiger partial charge on any atom is 0.355 e. The topological polar surface area (TPSA) is 79.3 Å². The molecule has 0 saturated heterocycles. The lowest BCUT2D eigenvalue weighted by Gasteiger charge is -2.05. The molecule has 2 N–H and O–H groups in total. The number of pyridine rings is 1. The molecule has 92 valence electrons. The van der Waals surface area contributed by atoms with E-state index in [4.69, 9.17) is 5.11 Å². The molecule has 0 atom stereocenters. The Morgan fingerprint density at radius 2 is 2.18 bits per heavy atom. The number of nitrogens with zero attached hydrogens (tertiary/aromatic N) is 1. The molecule has 1 heterocycles. The van der Waals surface area contributed by atoms with Crippen molar-refractivity contribution >= 4 is 15.8 Å². The number of hydrogen-bond donors (Lipinski definition) is 2. The average molecular weight is 262 g/mol. The van der Waals surface area contributed by atoms with E-state index in [1.165, 1.54) is 18.2 Å². The van der Waals surface area contributed by atoms with E-state index in [1.807, 2.05) is 0 Å². The van der Waals surface area contributed by atoms with Gasteiger partial charge in [0.15, 0.2) is 0 Å². The van der Waals surface area contributed by atoms with E-state index in [0.29, 0.717) is 0 Å². The van der Waals surface area contributed by atoms with Gasteiger partial charge in [0.2, 0.25) is 0 Å². The lowest BCUT2D eigenvalue weighted by molar-refractivity contribution is 0.236. The van der Waals surface area contributed by atoms with Crippen molar-refractivity contribution in [3.05, 3.63) is 23.9 Å². The van der Waals surface area contributed by atoms with Crippen LogP contribution >= 0.6 is 0 Å². The fourth-order valence-electron chi connectivity index (χ4n) is 0.882. The first-order valence-corrected chi connectivity index (χ1v) is 5.87. The van der Waals surface area contributed by atoms with Gasteiger partial charge in [-0.15, -0.1) is 0 Å². The Kier molecular flexibility index (Phi) is 4.37. The number of aliphatic hydroxyl groups excluding tert-OH is 1. The van der Waals surface area contributed by atoms with Crippen molar-refractivity contribution < 1.29 is 22.3 Å². The molecule has 8 heteroatoms. The predicted molar refractivity (Wildman–Crippen MR) is 56.7 cm³/mol. The molecular formula is C9H8F2N2O3S. The summed E-state index contributed by atoms with van der Waals surface area (Å²) in [6, 6.07) is 4.06. The smallest absolute Gasteiger partial charge is 0.355 e. The molecule has 0 amide bonds. The highest BCUT2D eigenvalue weighted by Crippen LogP contribution is 2.11. The van der Waals surface area contributed by atoms with Crippen LogP contribution in [0.25, 0.3) is 0 Å². The van der Waals surface area contributed by atoms with E-state index in [-0.39, 0.29) is 18.1 Å². The molecule has 0 bridgehead atoms. The molecule has 1 aromatic heterocycles. The molecule has 0 aromatic carbocycles. The summed E-state index contributed by atoms with van der Waals surface area (Å²) in [5.41, 5.74) is 0.161. The molecule has 17 heavy (non-hydrogen) atoms. The Bertz CT molecular complexity index is 549. The highest BCUT2D eigenvalue weighted by atomic mass is 32.2. The number of hydrogen-bond acceptors (Lipinski definition) is 4. The minimum Gasteiger partial charge on any atom is -0.384 e. The van der Waals surface area contributed by atoms with Gasteiger partial charge in [-0.1, -0.05) is 12.0 Å². The van der Waals surface area contributed by atoms with E-state index in [2.05, 4.69) is 16.8 Å². The van der Waals surface area contributed by atoms with E-state index in [1.54, 1.807) is 4.72 Å². The van der Waals surface area contributed by atoms with Crippen LogP contribution < -0.4 is 4.72 Å². The van der Waals surface area contributed by atoms with Gasteiger partial charge in [0, 0.05) is 0 Å². The third kappa shape index (κ3) is 3.97. The molecule has 0 aliphatic carbocycles. The predicted octanol–water partition coefficient (Wildman–Crippen LogP) is 0.390. The van der Waals surface area contributed by atoms with Crippen LogP contribution in [0.3, 0.4) is 0 Å². The summed E-state index contributed by atoms with van der Waals surface area (Å²) in [5, 5.41) is 8.44. The largest absolute Gasteiger partial charge is 0.384 e. The molecule has 0 radical (unpaired) electrons. The van der Waals surface area contributed by atoms with E-state index >= 15 is 0 Å². The zero-order valence-electron chi connectivity index (χ0n) is 8.39. The molecule has 0 saturated carbocycles. The maximum absolute atomic E-state index is 12.1. The summed E-state index contributed by atoms with van der Waals surface area (Å²) in [5.74, 6) is 0.926. The zero-order chi connectivity index (χ0) is 12.9. The van der Waals surface area contributed by atoms with Gasteiger partial charge in [-0.25, -0.2) is 13.4 Å². The van der Waals surface area contributed by atoms with E-state index < -0.39 is 15.8 Å². The highest BCUT2D eigenvalue weighted by Gasteiger charge is 2.24. The van der Waals surface area contributed by atoms with Gasteiger partial charge in [-0.05, 0) is 18.1 Å². The monoisotopic (exact) mass is 262 g/mol. The van der Waals surface area contributed by atoms with Crippen LogP contribution in [0.2, 0.25) is 0 Å². The molecular weight excluding hydrogens is 254 g/mol. The van der Waals surface area contributed by atoms with Gasteiger partial charge in [-0.3, -0.25) is 4.72 Å². The van der Waals surface area contributed by atoms with Crippen molar-refractivity contribution in [2.24, 2.45) is 0 Å². The van der Waals surface area contributed by atoms with Gasteiger partial charge in [0.25, 0.3) is 10.0 Å². The quantitative estimate of drug-likeness (QED) is 0.772. The first-order chi connectivity index (χ1) is 7.95. The van der Waals surface area contributed by atoms with Crippen molar-refractivity contribution in [3.8, 4) is 11.8 Å². The van der Waals surface area contributed by atoms with Gasteiger partial charge in [0.1, 0.15) is 18.1 Å². The second kappa shape index (κ2) is 5.56. The summed E-state index contributed by atoms with van der Waals surface area (Å²) >= 11 is 0. The molecule has 0 fully saturated rings. The summed E-state index contributed by atoms with van der Waals surface area (Å²) in [4.78, 5) is 3.67. The van der Waals surface area contributed by atoms with E-state index in [0.717, 1.165) is 0 Å². The first kappa shape index (κ1) is 13.3. The Morgan fingerprint density at radius 1 is 1.47 bits per heavy atom. The molecule has 0 aliphatic rings. The lowest BCUT2D eigenvalue weighted by Crippen LogP contribution is -2.21. The second-order valence-corrected chi connectivity index (χ2v) is 4.43.